The van der Waals surface area contributed by atoms with E-state index in [2.05, 4.69) is 11.1 Å². The second kappa shape index (κ2) is 5.20. The van der Waals surface area contributed by atoms with E-state index >= 15 is 0 Å². The Morgan fingerprint density at radius 3 is 2.43 bits per heavy atom. The molecular weight excluding hydrogens is 207 g/mol. The van der Waals surface area contributed by atoms with Gasteiger partial charge in [-0.05, 0) is 20.8 Å². The highest BCUT2D eigenvalue weighted by Gasteiger charge is 2.28. The van der Waals surface area contributed by atoms with Crippen molar-refractivity contribution in [2.45, 2.75) is 26.4 Å². The van der Waals surface area contributed by atoms with E-state index < -0.39 is 19.8 Å². The van der Waals surface area contributed by atoms with Crippen molar-refractivity contribution in [3.8, 4) is 0 Å². The third kappa shape index (κ3) is 5.80. The van der Waals surface area contributed by atoms with Gasteiger partial charge in [0.2, 0.25) is 0 Å². The van der Waals surface area contributed by atoms with Crippen LogP contribution in [0.15, 0.2) is 12.2 Å². The third-order valence-electron chi connectivity index (χ3n) is 1.24. The standard InChI is InChI=1S/C8H13O5P/c1-6(2)7(9)13-8(3,4)5-12-14(10)11/h1,5H2,2-4H3/p+1. The summed E-state index contributed by atoms with van der Waals surface area (Å²) in [7, 11) is -2.67. The Kier molecular flexibility index (Phi) is 4.91. The zero-order valence-corrected chi connectivity index (χ0v) is 9.34. The molecule has 1 N–H and O–H groups in total. The molecule has 0 saturated carbocycles. The molecule has 0 saturated heterocycles. The van der Waals surface area contributed by atoms with Crippen molar-refractivity contribution in [1.29, 1.82) is 0 Å². The minimum absolute atomic E-state index is 0.141. The predicted octanol–water partition coefficient (Wildman–Crippen LogP) is 1.55. The van der Waals surface area contributed by atoms with E-state index in [-0.39, 0.29) is 12.2 Å². The van der Waals surface area contributed by atoms with Gasteiger partial charge in [-0.3, -0.25) is 0 Å². The fourth-order valence-corrected chi connectivity index (χ4v) is 1.000. The lowest BCUT2D eigenvalue weighted by atomic mass is 10.1. The van der Waals surface area contributed by atoms with Crippen LogP contribution < -0.4 is 0 Å². The van der Waals surface area contributed by atoms with Gasteiger partial charge in [0, 0.05) is 10.1 Å². The fourth-order valence-electron chi connectivity index (χ4n) is 0.578. The summed E-state index contributed by atoms with van der Waals surface area (Å²) < 4.78 is 19.6. The zero-order valence-electron chi connectivity index (χ0n) is 8.44. The summed E-state index contributed by atoms with van der Waals surface area (Å²) in [6.45, 7) is 7.94. The molecule has 0 aromatic rings. The Labute approximate surface area is 83.7 Å². The molecular formula is C8H14O5P+. The predicted molar refractivity (Wildman–Crippen MR) is 50.8 cm³/mol. The monoisotopic (exact) mass is 221 g/mol. The van der Waals surface area contributed by atoms with Gasteiger partial charge in [-0.15, -0.1) is 9.42 Å². The summed E-state index contributed by atoms with van der Waals surface area (Å²) in [6, 6.07) is 0. The maximum atomic E-state index is 11.1. The lowest BCUT2D eigenvalue weighted by Gasteiger charge is -2.21. The van der Waals surface area contributed by atoms with Gasteiger partial charge < -0.3 is 4.74 Å². The molecule has 5 nitrogen and oxygen atoms in total. The van der Waals surface area contributed by atoms with Crippen molar-refractivity contribution >= 4 is 14.2 Å². The molecule has 0 bridgehead atoms. The summed E-state index contributed by atoms with van der Waals surface area (Å²) in [4.78, 5) is 19.5. The number of carbonyl (C=O) groups excluding carboxylic acids is 1. The molecule has 0 aliphatic rings. The number of ether oxygens (including phenoxy) is 1. The van der Waals surface area contributed by atoms with E-state index in [9.17, 15) is 9.36 Å². The van der Waals surface area contributed by atoms with Crippen LogP contribution in [0.25, 0.3) is 0 Å². The molecule has 0 radical (unpaired) electrons. The molecule has 0 fully saturated rings. The number of carbonyl (C=O) groups is 1. The van der Waals surface area contributed by atoms with Crippen molar-refractivity contribution in [3.63, 3.8) is 0 Å². The minimum atomic E-state index is -2.67. The first kappa shape index (κ1) is 13.2. The Morgan fingerprint density at radius 2 is 2.07 bits per heavy atom. The van der Waals surface area contributed by atoms with Gasteiger partial charge in [0.15, 0.2) is 0 Å². The lowest BCUT2D eigenvalue weighted by Crippen LogP contribution is -2.32. The quantitative estimate of drug-likeness (QED) is 0.433. The molecule has 14 heavy (non-hydrogen) atoms. The highest BCUT2D eigenvalue weighted by atomic mass is 31.1. The first-order valence-corrected chi connectivity index (χ1v) is 5.05. The number of hydrogen-bond donors (Lipinski definition) is 1. The van der Waals surface area contributed by atoms with Gasteiger partial charge in [-0.2, -0.15) is 0 Å². The van der Waals surface area contributed by atoms with Gasteiger partial charge in [0.25, 0.3) is 0 Å². The Morgan fingerprint density at radius 1 is 1.57 bits per heavy atom. The molecule has 0 heterocycles. The van der Waals surface area contributed by atoms with Gasteiger partial charge in [-0.25, -0.2) is 4.79 Å². The summed E-state index contributed by atoms with van der Waals surface area (Å²) in [5.41, 5.74) is -0.671. The summed E-state index contributed by atoms with van der Waals surface area (Å²) in [5.74, 6) is -0.549. The van der Waals surface area contributed by atoms with E-state index in [1.165, 1.54) is 6.92 Å². The molecule has 0 amide bonds. The normalized spacial score (nSPS) is 12.1. The van der Waals surface area contributed by atoms with Crippen molar-refractivity contribution < 1.29 is 23.5 Å². The van der Waals surface area contributed by atoms with Crippen molar-refractivity contribution in [2.24, 2.45) is 0 Å². The third-order valence-corrected chi connectivity index (χ3v) is 1.59. The first-order valence-electron chi connectivity index (χ1n) is 3.92. The van der Waals surface area contributed by atoms with Gasteiger partial charge in [0.05, 0.1) is 0 Å². The van der Waals surface area contributed by atoms with E-state index in [0.29, 0.717) is 0 Å². The summed E-state index contributed by atoms with van der Waals surface area (Å²) in [6.07, 6.45) is 0. The minimum Gasteiger partial charge on any atom is -0.454 e. The largest absolute Gasteiger partial charge is 0.694 e. The Hall–Kier alpha value is -0.770. The lowest BCUT2D eigenvalue weighted by molar-refractivity contribution is -0.154. The molecule has 6 heteroatoms. The van der Waals surface area contributed by atoms with E-state index in [4.69, 9.17) is 9.63 Å². The van der Waals surface area contributed by atoms with Crippen LogP contribution in [0.2, 0.25) is 0 Å². The van der Waals surface area contributed by atoms with Crippen molar-refractivity contribution in [1.82, 2.24) is 0 Å². The average molecular weight is 221 g/mol. The molecule has 1 unspecified atom stereocenters. The van der Waals surface area contributed by atoms with Gasteiger partial charge in [-0.1, -0.05) is 6.58 Å². The van der Waals surface area contributed by atoms with Crippen molar-refractivity contribution in [3.05, 3.63) is 12.2 Å². The molecule has 0 spiro atoms. The summed E-state index contributed by atoms with van der Waals surface area (Å²) in [5, 5.41) is 0. The second-order valence-corrected chi connectivity index (χ2v) is 4.17. The van der Waals surface area contributed by atoms with Crippen LogP contribution in [0.3, 0.4) is 0 Å². The van der Waals surface area contributed by atoms with Gasteiger partial charge >= 0.3 is 14.2 Å². The van der Waals surface area contributed by atoms with Crippen LogP contribution in [-0.4, -0.2) is 23.1 Å². The highest BCUT2D eigenvalue weighted by Crippen LogP contribution is 2.20. The van der Waals surface area contributed by atoms with Crippen LogP contribution in [0.4, 0.5) is 0 Å². The number of esters is 1. The first-order chi connectivity index (χ1) is 6.24. The SMILES string of the molecule is C=C(C)C(=O)OC(C)(C)CO[P+](=O)O. The maximum Gasteiger partial charge on any atom is 0.694 e. The Bertz CT molecular complexity index is 258. The number of rotatable bonds is 5. The molecule has 0 aliphatic heterocycles. The Balaban J connectivity index is 4.13. The maximum absolute atomic E-state index is 11.1. The van der Waals surface area contributed by atoms with Crippen LogP contribution in [0.5, 0.6) is 0 Å². The average Bonchev–Trinajstić information content (AvgIpc) is 2.00. The van der Waals surface area contributed by atoms with Crippen molar-refractivity contribution in [2.75, 3.05) is 6.61 Å². The van der Waals surface area contributed by atoms with E-state index in [0.717, 1.165) is 0 Å². The highest BCUT2D eigenvalue weighted by molar-refractivity contribution is 7.32. The molecule has 0 aromatic heterocycles. The van der Waals surface area contributed by atoms with E-state index in [1.54, 1.807) is 13.8 Å². The second-order valence-electron chi connectivity index (χ2n) is 3.44. The molecule has 0 aliphatic carbocycles. The fraction of sp³-hybridized carbons (Fsp3) is 0.625. The van der Waals surface area contributed by atoms with Gasteiger partial charge in [0.1, 0.15) is 12.2 Å². The topological polar surface area (TPSA) is 72.8 Å². The van der Waals surface area contributed by atoms with Crippen LogP contribution in [0.1, 0.15) is 20.8 Å². The molecule has 80 valence electrons. The molecule has 0 rings (SSSR count). The molecule has 0 aromatic carbocycles. The summed E-state index contributed by atoms with van der Waals surface area (Å²) >= 11 is 0. The number of hydrogen-bond acceptors (Lipinski definition) is 4. The smallest absolute Gasteiger partial charge is 0.454 e. The van der Waals surface area contributed by atoms with E-state index in [1.807, 2.05) is 0 Å². The van der Waals surface area contributed by atoms with Crippen LogP contribution >= 0.6 is 8.25 Å². The molecule has 1 atom stereocenters. The zero-order chi connectivity index (χ0) is 11.4. The van der Waals surface area contributed by atoms with Crippen LogP contribution in [0, 0.1) is 0 Å². The van der Waals surface area contributed by atoms with Crippen LogP contribution in [-0.2, 0) is 18.6 Å².